The number of ether oxygens (including phenoxy) is 1. The second-order valence-corrected chi connectivity index (χ2v) is 18.7. The molecule has 2 saturated heterocycles. The smallest absolute Gasteiger partial charge is 0.416 e. The van der Waals surface area contributed by atoms with E-state index >= 15 is 0 Å². The second kappa shape index (κ2) is 12.6. The molecule has 0 unspecified atom stereocenters. The number of hydrogen-bond donors (Lipinski definition) is 0. The third kappa shape index (κ3) is 5.96. The number of para-hydroxylation sites is 1. The molecule has 9 rings (SSSR count). The highest BCUT2D eigenvalue weighted by Gasteiger charge is 2.83. The number of hydrogen-bond acceptors (Lipinski definition) is 8. The Hall–Kier alpha value is -4.33. The average molecular weight is 777 g/mol. The van der Waals surface area contributed by atoms with E-state index in [1.54, 1.807) is 4.90 Å². The molecule has 4 fully saturated rings. The molecule has 2 spiro atoms. The number of pyridine rings is 2. The van der Waals surface area contributed by atoms with Gasteiger partial charge < -0.3 is 9.64 Å². The molecule has 55 heavy (non-hydrogen) atoms. The van der Waals surface area contributed by atoms with Crippen LogP contribution in [0.2, 0.25) is 0 Å². The quantitative estimate of drug-likeness (QED) is 0.215. The van der Waals surface area contributed by atoms with Crippen LogP contribution in [-0.2, 0) is 43.4 Å². The van der Waals surface area contributed by atoms with Gasteiger partial charge in [-0.25, -0.2) is 17.7 Å². The topological polar surface area (TPSA) is 127 Å². The average Bonchev–Trinajstić information content (AvgIpc) is 4.10. The number of halogens is 3. The minimum absolute atomic E-state index is 0.0365. The molecule has 10 nitrogen and oxygen atoms in total. The van der Waals surface area contributed by atoms with Crippen LogP contribution in [0.5, 0.6) is 5.75 Å². The molecular formula is C41H43F3N4O6S. The molecule has 3 aromatic rings. The molecule has 0 N–H and O–H groups in total. The van der Waals surface area contributed by atoms with Crippen LogP contribution in [0.3, 0.4) is 0 Å². The van der Waals surface area contributed by atoms with Gasteiger partial charge in [0.2, 0.25) is 11.8 Å². The lowest BCUT2D eigenvalue weighted by Crippen LogP contribution is -2.47. The van der Waals surface area contributed by atoms with E-state index in [1.807, 2.05) is 43.3 Å². The molecule has 2 saturated carbocycles. The molecule has 5 atom stereocenters. The summed E-state index contributed by atoms with van der Waals surface area (Å²) in [5.74, 6) is -1.67. The summed E-state index contributed by atoms with van der Waals surface area (Å²) in [6, 6.07) is 8.72. The Balaban J connectivity index is 1.08. The Labute approximate surface area is 317 Å². The van der Waals surface area contributed by atoms with Crippen LogP contribution in [0.4, 0.5) is 13.2 Å². The zero-order chi connectivity index (χ0) is 38.5. The van der Waals surface area contributed by atoms with Crippen LogP contribution in [-0.4, -0.2) is 68.2 Å². The maximum absolute atomic E-state index is 14.9. The van der Waals surface area contributed by atoms with E-state index in [0.717, 1.165) is 51.9 Å². The number of carbonyl (C=O) groups excluding carboxylic acids is 3. The van der Waals surface area contributed by atoms with Gasteiger partial charge >= 0.3 is 6.18 Å². The van der Waals surface area contributed by atoms with Crippen molar-refractivity contribution in [2.24, 2.45) is 17.3 Å². The Morgan fingerprint density at radius 1 is 1.05 bits per heavy atom. The highest BCUT2D eigenvalue weighted by molar-refractivity contribution is 7.98. The summed E-state index contributed by atoms with van der Waals surface area (Å²) in [6.45, 7) is 1.95. The fraction of sp³-hybridized carbons (Fsp3) is 0.537. The van der Waals surface area contributed by atoms with Crippen LogP contribution in [0, 0.1) is 24.2 Å². The van der Waals surface area contributed by atoms with Gasteiger partial charge in [0.15, 0.2) is 10.7 Å². The van der Waals surface area contributed by atoms with Gasteiger partial charge in [-0.05, 0) is 82.4 Å². The fourth-order valence-corrected chi connectivity index (χ4v) is 11.8. The minimum atomic E-state index is -4.58. The Morgan fingerprint density at radius 3 is 2.62 bits per heavy atom. The van der Waals surface area contributed by atoms with Gasteiger partial charge in [-0.15, -0.1) is 0 Å². The van der Waals surface area contributed by atoms with Crippen molar-refractivity contribution in [3.05, 3.63) is 77.3 Å². The number of carbonyl (C=O) groups is 3. The van der Waals surface area contributed by atoms with Crippen molar-refractivity contribution in [3.63, 3.8) is 0 Å². The van der Waals surface area contributed by atoms with Gasteiger partial charge in [0.05, 0.1) is 34.8 Å². The number of benzene rings is 1. The SMILES string of the molecule is Cc1nc2ccccc2c2c1O[C@]1(CC2)C[C@H]2C(=O)C[C@]3(C(=O)N4C5(CC5)S4(=O)=O)C[C@H]3/C=C\CCCCC[C@H](Cc3cc(C(F)(F)F)ccn3)C(=O)N2C1. The number of rotatable bonds is 3. The molecule has 4 aliphatic heterocycles. The first kappa shape index (κ1) is 36.3. The van der Waals surface area contributed by atoms with E-state index in [9.17, 15) is 36.0 Å². The predicted octanol–water partition coefficient (Wildman–Crippen LogP) is 6.63. The summed E-state index contributed by atoms with van der Waals surface area (Å²) in [5.41, 5.74) is -0.339. The Bertz CT molecular complexity index is 2270. The number of aromatic nitrogens is 2. The highest BCUT2D eigenvalue weighted by atomic mass is 32.2. The van der Waals surface area contributed by atoms with Crippen molar-refractivity contribution in [2.45, 2.75) is 113 Å². The van der Waals surface area contributed by atoms with Crippen LogP contribution < -0.4 is 4.74 Å². The number of ketones is 1. The number of fused-ring (bicyclic) bond motifs is 5. The van der Waals surface area contributed by atoms with Gasteiger partial charge in [0.1, 0.15) is 11.4 Å². The first-order valence-corrected chi connectivity index (χ1v) is 20.8. The van der Waals surface area contributed by atoms with Crippen molar-refractivity contribution in [3.8, 4) is 5.75 Å². The van der Waals surface area contributed by atoms with Gasteiger partial charge in [-0.3, -0.25) is 19.4 Å². The van der Waals surface area contributed by atoms with E-state index in [1.165, 1.54) is 0 Å². The lowest BCUT2D eigenvalue weighted by atomic mass is 9.85. The molecule has 0 radical (unpaired) electrons. The maximum atomic E-state index is 14.9. The Kier molecular flexibility index (Phi) is 8.31. The van der Waals surface area contributed by atoms with E-state index in [4.69, 9.17) is 9.72 Å². The number of aryl methyl sites for hydroxylation is 2. The summed E-state index contributed by atoms with van der Waals surface area (Å²) in [7, 11) is -3.73. The zero-order valence-electron chi connectivity index (χ0n) is 30.6. The van der Waals surface area contributed by atoms with Crippen LogP contribution in [0.15, 0.2) is 54.7 Å². The largest absolute Gasteiger partial charge is 0.483 e. The summed E-state index contributed by atoms with van der Waals surface area (Å²) in [4.78, 5) is 53.3. The number of nitrogens with zero attached hydrogens (tertiary/aromatic N) is 4. The van der Waals surface area contributed by atoms with Crippen molar-refractivity contribution < 1.29 is 40.7 Å². The van der Waals surface area contributed by atoms with Crippen molar-refractivity contribution in [2.75, 3.05) is 6.54 Å². The van der Waals surface area contributed by atoms with Crippen LogP contribution >= 0.6 is 0 Å². The molecule has 0 bridgehead atoms. The molecule has 14 heteroatoms. The van der Waals surface area contributed by atoms with Crippen LogP contribution in [0.25, 0.3) is 10.9 Å². The normalized spacial score (nSPS) is 31.5. The number of Topliss-reactive ketones (excluding diaryl/α,β-unsaturated/α-hetero) is 1. The van der Waals surface area contributed by atoms with Crippen molar-refractivity contribution in [1.82, 2.24) is 19.2 Å². The lowest BCUT2D eigenvalue weighted by Gasteiger charge is -2.36. The molecule has 290 valence electrons. The molecule has 6 aliphatic rings. The third-order valence-electron chi connectivity index (χ3n) is 13.0. The molecule has 1 aromatic carbocycles. The van der Waals surface area contributed by atoms with E-state index < -0.39 is 55.5 Å². The monoisotopic (exact) mass is 776 g/mol. The van der Waals surface area contributed by atoms with Gasteiger partial charge in [0.25, 0.3) is 10.0 Å². The van der Waals surface area contributed by atoms with E-state index in [0.29, 0.717) is 62.8 Å². The number of sulfonamides is 1. The first-order valence-electron chi connectivity index (χ1n) is 19.4. The molecule has 2 aromatic heterocycles. The number of alkyl halides is 3. The summed E-state index contributed by atoms with van der Waals surface area (Å²) in [5, 5.41) is 0.971. The standard InChI is InChI=1S/C41H43F3N4O6S/c1-25-35-31(30-11-7-8-12-32(30)46-25)13-15-38(54-35)22-33-34(49)23-39(37(51)48-40(16-17-40)55(48,52)53)21-28(39)10-6-4-2-3-5-9-26(36(50)47(33)24-38)19-29-20-27(14-18-45-29)41(42,43)44/h6-8,10-12,14,18,20,26,28,33H,2-5,9,13,15-17,19,21-24H2,1H3/b10-6-/t26-,28-,33+,38-,39-,48?/m1/s1. The van der Waals surface area contributed by atoms with Gasteiger partial charge in [-0.2, -0.15) is 13.2 Å². The molecule has 2 amide bonds. The van der Waals surface area contributed by atoms with Gasteiger partial charge in [-0.1, -0.05) is 43.2 Å². The lowest BCUT2D eigenvalue weighted by molar-refractivity contribution is -0.142. The predicted molar refractivity (Wildman–Crippen MR) is 195 cm³/mol. The maximum Gasteiger partial charge on any atom is 0.416 e. The van der Waals surface area contributed by atoms with E-state index in [-0.39, 0.29) is 49.1 Å². The molecule has 2 aliphatic carbocycles. The molecule has 6 heterocycles. The van der Waals surface area contributed by atoms with Crippen LogP contribution in [0.1, 0.15) is 93.1 Å². The van der Waals surface area contributed by atoms with Gasteiger partial charge in [0, 0.05) is 48.0 Å². The number of allylic oxidation sites excluding steroid dienone is 2. The Morgan fingerprint density at radius 2 is 1.85 bits per heavy atom. The second-order valence-electron chi connectivity index (χ2n) is 16.6. The van der Waals surface area contributed by atoms with E-state index in [2.05, 4.69) is 4.98 Å². The summed E-state index contributed by atoms with van der Waals surface area (Å²) in [6.07, 6.45) is 5.91. The van der Waals surface area contributed by atoms with Crippen molar-refractivity contribution in [1.29, 1.82) is 0 Å². The minimum Gasteiger partial charge on any atom is -0.483 e. The number of amides is 2. The molecular weight excluding hydrogens is 734 g/mol. The highest BCUT2D eigenvalue weighted by Crippen LogP contribution is 2.68. The summed E-state index contributed by atoms with van der Waals surface area (Å²) >= 11 is 0. The summed E-state index contributed by atoms with van der Waals surface area (Å²) < 4.78 is 75.0. The fourth-order valence-electron chi connectivity index (χ4n) is 9.71. The first-order chi connectivity index (χ1) is 26.2. The van der Waals surface area contributed by atoms with Crippen molar-refractivity contribution >= 4 is 38.5 Å². The zero-order valence-corrected chi connectivity index (χ0v) is 31.4. The third-order valence-corrected chi connectivity index (χ3v) is 15.4.